The number of fused-ring (bicyclic) bond motifs is 3. The number of benzene rings is 2. The molecule has 0 radical (unpaired) electrons. The topological polar surface area (TPSA) is 74.6 Å². The Balaban J connectivity index is 2.07. The van der Waals surface area contributed by atoms with E-state index in [-0.39, 0.29) is 5.78 Å². The number of nitrogens with one attached hydrogen (secondary N) is 1. The Labute approximate surface area is 168 Å². The molecule has 2 aromatic carbocycles. The number of nitrogens with zero attached hydrogens (tertiary/aromatic N) is 2. The van der Waals surface area contributed by atoms with E-state index >= 15 is 0 Å². The van der Waals surface area contributed by atoms with Gasteiger partial charge in [-0.15, -0.1) is 0 Å². The van der Waals surface area contributed by atoms with Crippen LogP contribution in [0, 0.1) is 0 Å². The minimum Gasteiger partial charge on any atom is -0.496 e. The van der Waals surface area contributed by atoms with Crippen molar-refractivity contribution in [3.8, 4) is 17.2 Å². The van der Waals surface area contributed by atoms with Gasteiger partial charge in [0.05, 0.1) is 38.4 Å². The number of methoxy groups -OCH3 is 3. The molecule has 0 aliphatic carbocycles. The first kappa shape index (κ1) is 18.9. The first-order valence-electron chi connectivity index (χ1n) is 9.25. The van der Waals surface area contributed by atoms with E-state index in [9.17, 15) is 4.79 Å². The van der Waals surface area contributed by atoms with Crippen molar-refractivity contribution in [1.82, 2.24) is 9.55 Å². The standard InChI is InChI=1S/C22H23N3O4/c1-12-20(13(2)26)21(14-10-18(28-4)19(29-5)11-17(14)27-3)25-16-9-7-6-8-15(16)24-22(25)23-12/h6-11,21H,1-5H3,(H,23,24)/t21-/m0/s1. The number of hydrogen-bond donors (Lipinski definition) is 1. The lowest BCUT2D eigenvalue weighted by Gasteiger charge is -2.31. The van der Waals surface area contributed by atoms with Crippen LogP contribution in [0.5, 0.6) is 17.2 Å². The molecule has 1 aromatic heterocycles. The highest BCUT2D eigenvalue weighted by Crippen LogP contribution is 2.45. The number of imidazole rings is 1. The van der Waals surface area contributed by atoms with Gasteiger partial charge in [0.1, 0.15) is 5.75 Å². The first-order chi connectivity index (χ1) is 14.0. The lowest BCUT2D eigenvalue weighted by molar-refractivity contribution is -0.114. The van der Waals surface area contributed by atoms with Crippen molar-refractivity contribution in [2.24, 2.45) is 0 Å². The maximum atomic E-state index is 12.7. The van der Waals surface area contributed by atoms with Gasteiger partial charge in [-0.3, -0.25) is 9.36 Å². The Morgan fingerprint density at radius 1 is 1.03 bits per heavy atom. The van der Waals surface area contributed by atoms with E-state index in [2.05, 4.69) is 5.32 Å². The van der Waals surface area contributed by atoms with E-state index in [1.54, 1.807) is 34.3 Å². The van der Waals surface area contributed by atoms with E-state index in [1.807, 2.05) is 41.8 Å². The predicted molar refractivity (Wildman–Crippen MR) is 111 cm³/mol. The number of rotatable bonds is 5. The van der Waals surface area contributed by atoms with Gasteiger partial charge in [-0.05, 0) is 32.0 Å². The minimum absolute atomic E-state index is 0.0275. The largest absolute Gasteiger partial charge is 0.496 e. The van der Waals surface area contributed by atoms with Crippen LogP contribution in [0.15, 0.2) is 47.7 Å². The Morgan fingerprint density at radius 2 is 1.69 bits per heavy atom. The zero-order chi connectivity index (χ0) is 20.7. The van der Waals surface area contributed by atoms with Gasteiger partial charge in [0.15, 0.2) is 17.3 Å². The SMILES string of the molecule is COc1cc(OC)c([C@H]2C(C(C)=O)=C(C)Nc3nc4ccccc4n32)cc1OC. The van der Waals surface area contributed by atoms with Crippen LogP contribution in [-0.4, -0.2) is 36.7 Å². The number of allylic oxidation sites excluding steroid dienone is 2. The molecular formula is C22H23N3O4. The summed E-state index contributed by atoms with van der Waals surface area (Å²) < 4.78 is 18.7. The molecule has 29 heavy (non-hydrogen) atoms. The highest BCUT2D eigenvalue weighted by molar-refractivity contribution is 5.98. The Bertz CT molecular complexity index is 1150. The maximum absolute atomic E-state index is 12.7. The molecule has 0 bridgehead atoms. The molecule has 1 aliphatic heterocycles. The van der Waals surface area contributed by atoms with E-state index in [4.69, 9.17) is 19.2 Å². The second kappa shape index (κ2) is 7.16. The number of aromatic nitrogens is 2. The molecule has 0 saturated carbocycles. The van der Waals surface area contributed by atoms with Gasteiger partial charge in [-0.1, -0.05) is 12.1 Å². The third kappa shape index (κ3) is 2.90. The van der Waals surface area contributed by atoms with Crippen LogP contribution >= 0.6 is 0 Å². The molecule has 1 atom stereocenters. The molecule has 7 heteroatoms. The fraction of sp³-hybridized carbons (Fsp3) is 0.273. The number of Topliss-reactive ketones (excluding diaryl/α,β-unsaturated/α-hetero) is 1. The third-order valence-electron chi connectivity index (χ3n) is 5.24. The summed E-state index contributed by atoms with van der Waals surface area (Å²) >= 11 is 0. The van der Waals surface area contributed by atoms with E-state index in [0.29, 0.717) is 28.8 Å². The summed E-state index contributed by atoms with van der Waals surface area (Å²) in [7, 11) is 4.76. The minimum atomic E-state index is -0.425. The van der Waals surface area contributed by atoms with Crippen LogP contribution in [0.1, 0.15) is 25.5 Å². The van der Waals surface area contributed by atoms with Crippen molar-refractivity contribution >= 4 is 22.8 Å². The molecule has 0 saturated heterocycles. The third-order valence-corrected chi connectivity index (χ3v) is 5.24. The number of ketones is 1. The molecule has 7 nitrogen and oxygen atoms in total. The second-order valence-corrected chi connectivity index (χ2v) is 6.87. The van der Waals surface area contributed by atoms with Crippen LogP contribution in [0.3, 0.4) is 0 Å². The Hall–Kier alpha value is -3.48. The van der Waals surface area contributed by atoms with Crippen molar-refractivity contribution in [2.75, 3.05) is 26.6 Å². The normalized spacial score (nSPS) is 15.7. The molecule has 1 N–H and O–H groups in total. The van der Waals surface area contributed by atoms with Gasteiger partial charge in [-0.25, -0.2) is 4.98 Å². The van der Waals surface area contributed by atoms with Gasteiger partial charge in [-0.2, -0.15) is 0 Å². The molecule has 2 heterocycles. The number of carbonyl (C=O) groups is 1. The van der Waals surface area contributed by atoms with Crippen LogP contribution in [0.2, 0.25) is 0 Å². The Kier molecular flexibility index (Phi) is 4.66. The van der Waals surface area contributed by atoms with Crippen LogP contribution in [0.4, 0.5) is 5.95 Å². The summed E-state index contributed by atoms with van der Waals surface area (Å²) in [6.45, 7) is 3.46. The molecule has 0 amide bonds. The van der Waals surface area contributed by atoms with E-state index in [1.165, 1.54) is 0 Å². The van der Waals surface area contributed by atoms with Crippen molar-refractivity contribution in [3.63, 3.8) is 0 Å². The zero-order valence-corrected chi connectivity index (χ0v) is 17.1. The Morgan fingerprint density at radius 3 is 2.34 bits per heavy atom. The van der Waals surface area contributed by atoms with Gasteiger partial charge < -0.3 is 19.5 Å². The van der Waals surface area contributed by atoms with Crippen molar-refractivity contribution in [1.29, 1.82) is 0 Å². The van der Waals surface area contributed by atoms with Gasteiger partial charge in [0, 0.05) is 22.9 Å². The fourth-order valence-corrected chi connectivity index (χ4v) is 3.98. The van der Waals surface area contributed by atoms with Gasteiger partial charge >= 0.3 is 0 Å². The monoisotopic (exact) mass is 393 g/mol. The van der Waals surface area contributed by atoms with E-state index < -0.39 is 6.04 Å². The second-order valence-electron chi connectivity index (χ2n) is 6.87. The summed E-state index contributed by atoms with van der Waals surface area (Å²) in [4.78, 5) is 17.4. The molecule has 0 fully saturated rings. The van der Waals surface area contributed by atoms with Gasteiger partial charge in [0.25, 0.3) is 0 Å². The molecule has 4 rings (SSSR count). The number of para-hydroxylation sites is 2. The van der Waals surface area contributed by atoms with Gasteiger partial charge in [0.2, 0.25) is 5.95 Å². The molecule has 0 spiro atoms. The van der Waals surface area contributed by atoms with Crippen LogP contribution < -0.4 is 19.5 Å². The molecule has 150 valence electrons. The highest BCUT2D eigenvalue weighted by atomic mass is 16.5. The zero-order valence-electron chi connectivity index (χ0n) is 17.1. The average molecular weight is 393 g/mol. The summed E-state index contributed by atoms with van der Waals surface area (Å²) in [5.74, 6) is 2.37. The number of carbonyl (C=O) groups excluding carboxylic acids is 1. The number of anilines is 1. The van der Waals surface area contributed by atoms with Crippen molar-refractivity contribution in [3.05, 3.63) is 53.2 Å². The average Bonchev–Trinajstić information content (AvgIpc) is 3.09. The predicted octanol–water partition coefficient (Wildman–Crippen LogP) is 3.94. The molecule has 3 aromatic rings. The number of hydrogen-bond acceptors (Lipinski definition) is 6. The summed E-state index contributed by atoms with van der Waals surface area (Å²) in [5, 5.41) is 3.28. The van der Waals surface area contributed by atoms with Crippen molar-refractivity contribution in [2.45, 2.75) is 19.9 Å². The lowest BCUT2D eigenvalue weighted by atomic mass is 9.91. The lowest BCUT2D eigenvalue weighted by Crippen LogP contribution is -2.27. The van der Waals surface area contributed by atoms with Crippen molar-refractivity contribution < 1.29 is 19.0 Å². The summed E-state index contributed by atoms with van der Waals surface area (Å²) in [6, 6.07) is 11.1. The first-order valence-corrected chi connectivity index (χ1v) is 9.25. The quantitative estimate of drug-likeness (QED) is 0.708. The molecule has 0 unspecified atom stereocenters. The maximum Gasteiger partial charge on any atom is 0.209 e. The summed E-state index contributed by atoms with van der Waals surface area (Å²) in [5.41, 5.74) is 3.97. The smallest absolute Gasteiger partial charge is 0.209 e. The highest BCUT2D eigenvalue weighted by Gasteiger charge is 2.35. The summed E-state index contributed by atoms with van der Waals surface area (Å²) in [6.07, 6.45) is 0. The van der Waals surface area contributed by atoms with E-state index in [0.717, 1.165) is 22.3 Å². The van der Waals surface area contributed by atoms with Crippen LogP contribution in [-0.2, 0) is 4.79 Å². The molecule has 1 aliphatic rings. The molecular weight excluding hydrogens is 370 g/mol. The fourth-order valence-electron chi connectivity index (χ4n) is 3.98. The van der Waals surface area contributed by atoms with Crippen LogP contribution in [0.25, 0.3) is 11.0 Å². The number of ether oxygens (including phenoxy) is 3.